The molecule has 1 aromatic carbocycles. The predicted molar refractivity (Wildman–Crippen MR) is 60.5 cm³/mol. The Morgan fingerprint density at radius 3 is 2.50 bits per heavy atom. The first-order valence-corrected chi connectivity index (χ1v) is 8.64. The molecule has 0 saturated carbocycles. The molecule has 1 rings (SSSR count). The predicted octanol–water partition coefficient (Wildman–Crippen LogP) is 1.96. The van der Waals surface area contributed by atoms with Crippen molar-refractivity contribution in [2.24, 2.45) is 0 Å². The fourth-order valence-electron chi connectivity index (χ4n) is 0.713. The summed E-state index contributed by atoms with van der Waals surface area (Å²) in [7, 11) is 0. The van der Waals surface area contributed by atoms with Crippen LogP contribution < -0.4 is 4.46 Å². The van der Waals surface area contributed by atoms with Crippen LogP contribution in [-0.2, 0) is 0 Å². The van der Waals surface area contributed by atoms with Gasteiger partial charge >= 0.3 is 94.8 Å². The van der Waals surface area contributed by atoms with Gasteiger partial charge in [0.15, 0.2) is 0 Å². The summed E-state index contributed by atoms with van der Waals surface area (Å²) in [6, 6.07) is 10.7. The summed E-state index contributed by atoms with van der Waals surface area (Å²) in [4.78, 5) is 2.08. The van der Waals surface area contributed by atoms with E-state index < -0.39 is 0 Å². The van der Waals surface area contributed by atoms with E-state index in [2.05, 4.69) is 57.1 Å². The zero-order chi connectivity index (χ0) is 8.81. The summed E-state index contributed by atoms with van der Waals surface area (Å²) in [6.45, 7) is 0. The molecule has 3 heteroatoms. The Bertz CT molecular complexity index is 256. The molecule has 0 atom stereocenters. The third-order valence-corrected chi connectivity index (χ3v) is 8.63. The van der Waals surface area contributed by atoms with Crippen molar-refractivity contribution >= 4 is 50.3 Å². The average molecular weight is 355 g/mol. The summed E-state index contributed by atoms with van der Waals surface area (Å²) >= 11 is 4.57. The maximum absolute atomic E-state index is 3.40. The normalized spacial score (nSPS) is 11.7. The van der Waals surface area contributed by atoms with Crippen LogP contribution in [0.1, 0.15) is 0 Å². The van der Waals surface area contributed by atoms with Crippen LogP contribution in [0.25, 0.3) is 0 Å². The Hall–Kier alpha value is 0.479. The summed E-state index contributed by atoms with van der Waals surface area (Å²) in [6.07, 6.45) is 0. The topological polar surface area (TPSA) is 0 Å². The number of rotatable bonds is 3. The van der Waals surface area contributed by atoms with Gasteiger partial charge in [0.2, 0.25) is 0 Å². The number of benzene rings is 1. The van der Waals surface area contributed by atoms with Gasteiger partial charge < -0.3 is 0 Å². The van der Waals surface area contributed by atoms with Crippen molar-refractivity contribution in [2.75, 3.05) is 0 Å². The van der Waals surface area contributed by atoms with Crippen LogP contribution in [0.3, 0.4) is 0 Å². The molecule has 0 nitrogen and oxygen atoms in total. The second-order valence-electron chi connectivity index (χ2n) is 2.05. The van der Waals surface area contributed by atoms with Crippen molar-refractivity contribution in [2.45, 2.75) is 5.82 Å². The first-order chi connectivity index (χ1) is 5.86. The number of halogens is 1. The molecule has 0 spiro atoms. The second kappa shape index (κ2) is 6.01. The Balaban J connectivity index is 2.64. The van der Waals surface area contributed by atoms with Gasteiger partial charge in [-0.15, -0.1) is 0 Å². The fraction of sp³-hybridized carbons (Fsp3) is 0.111. The Labute approximate surface area is 94.3 Å². The van der Waals surface area contributed by atoms with Gasteiger partial charge in [0.05, 0.1) is 0 Å². The van der Waals surface area contributed by atoms with Crippen LogP contribution in [0.4, 0.5) is 0 Å². The van der Waals surface area contributed by atoms with Gasteiger partial charge in [-0.05, 0) is 0 Å². The zero-order valence-electron chi connectivity index (χ0n) is 6.66. The average Bonchev–Trinajstić information content (AvgIpc) is 2.16. The molecule has 0 saturated heterocycles. The molecule has 64 valence electrons. The Morgan fingerprint density at radius 2 is 2.00 bits per heavy atom. The first kappa shape index (κ1) is 10.6. The van der Waals surface area contributed by atoms with Crippen molar-refractivity contribution in [3.63, 3.8) is 0 Å². The molecule has 0 amide bonds. The molecule has 0 unspecified atom stereocenters. The van der Waals surface area contributed by atoms with Crippen molar-refractivity contribution < 1.29 is 0 Å². The van der Waals surface area contributed by atoms with E-state index in [1.54, 1.807) is 3.37 Å². The molecule has 0 aliphatic rings. The molecule has 0 N–H and O–H groups in total. The van der Waals surface area contributed by atoms with Gasteiger partial charge in [0.25, 0.3) is 0 Å². The van der Waals surface area contributed by atoms with Crippen LogP contribution in [0.2, 0.25) is 5.82 Å². The minimum atomic E-state index is 0.527. The second-order valence-corrected chi connectivity index (χ2v) is 7.93. The van der Waals surface area contributed by atoms with Gasteiger partial charge in [-0.3, -0.25) is 0 Å². The third-order valence-electron chi connectivity index (χ3n) is 1.25. The molecule has 0 aliphatic carbocycles. The van der Waals surface area contributed by atoms with E-state index >= 15 is 0 Å². The molecule has 0 aliphatic heterocycles. The standard InChI is InChI=1S/C9H9BrSe2/c1-11-9(7-10)12-8-5-3-2-4-6-8/h2-7H,1H3/b9-7+. The minimum absolute atomic E-state index is 0.527. The van der Waals surface area contributed by atoms with E-state index in [1.807, 2.05) is 0 Å². The molecular weight excluding hydrogens is 346 g/mol. The van der Waals surface area contributed by atoms with E-state index in [-0.39, 0.29) is 0 Å². The molecule has 0 aromatic heterocycles. The number of hydrogen-bond acceptors (Lipinski definition) is 0. The molecule has 0 fully saturated rings. The maximum atomic E-state index is 3.40. The zero-order valence-corrected chi connectivity index (χ0v) is 11.7. The fourth-order valence-corrected chi connectivity index (χ4v) is 5.69. The van der Waals surface area contributed by atoms with E-state index in [9.17, 15) is 0 Å². The van der Waals surface area contributed by atoms with E-state index in [0.717, 1.165) is 0 Å². The summed E-state index contributed by atoms with van der Waals surface area (Å²) < 4.78 is 3.01. The summed E-state index contributed by atoms with van der Waals surface area (Å²) in [5.41, 5.74) is 0. The van der Waals surface area contributed by atoms with Crippen LogP contribution in [0, 0.1) is 0 Å². The quantitative estimate of drug-likeness (QED) is 0.728. The summed E-state index contributed by atoms with van der Waals surface area (Å²) in [5.74, 6) is 2.25. The van der Waals surface area contributed by atoms with Crippen LogP contribution in [0.5, 0.6) is 0 Å². The van der Waals surface area contributed by atoms with Crippen molar-refractivity contribution in [1.29, 1.82) is 0 Å². The SMILES string of the molecule is C[Se]/C(=C\Br)[Se]c1ccccc1. The van der Waals surface area contributed by atoms with Gasteiger partial charge in [-0.1, -0.05) is 0 Å². The first-order valence-electron chi connectivity index (χ1n) is 3.44. The van der Waals surface area contributed by atoms with Gasteiger partial charge in [-0.2, -0.15) is 0 Å². The molecule has 0 radical (unpaired) electrons. The Morgan fingerprint density at radius 1 is 1.33 bits per heavy atom. The van der Waals surface area contributed by atoms with Crippen LogP contribution in [-0.4, -0.2) is 29.9 Å². The van der Waals surface area contributed by atoms with E-state index in [1.165, 1.54) is 4.46 Å². The van der Waals surface area contributed by atoms with Crippen molar-refractivity contribution in [1.82, 2.24) is 0 Å². The van der Waals surface area contributed by atoms with Crippen LogP contribution >= 0.6 is 15.9 Å². The molecular formula is C9H9BrSe2. The molecule has 12 heavy (non-hydrogen) atoms. The van der Waals surface area contributed by atoms with Crippen molar-refractivity contribution in [3.8, 4) is 0 Å². The summed E-state index contributed by atoms with van der Waals surface area (Å²) in [5, 5.41) is 0. The molecule has 1 aromatic rings. The molecule has 0 heterocycles. The van der Waals surface area contributed by atoms with E-state index in [0.29, 0.717) is 29.9 Å². The monoisotopic (exact) mass is 356 g/mol. The van der Waals surface area contributed by atoms with Gasteiger partial charge in [0, 0.05) is 0 Å². The van der Waals surface area contributed by atoms with Crippen molar-refractivity contribution in [3.05, 3.63) is 38.7 Å². The molecule has 0 bridgehead atoms. The van der Waals surface area contributed by atoms with Gasteiger partial charge in [0.1, 0.15) is 0 Å². The van der Waals surface area contributed by atoms with Crippen LogP contribution in [0.15, 0.2) is 38.7 Å². The Kier molecular flexibility index (Phi) is 5.29. The van der Waals surface area contributed by atoms with Gasteiger partial charge in [-0.25, -0.2) is 0 Å². The number of hydrogen-bond donors (Lipinski definition) is 0. The van der Waals surface area contributed by atoms with E-state index in [4.69, 9.17) is 0 Å². The third kappa shape index (κ3) is 3.47.